The van der Waals surface area contributed by atoms with Crippen molar-refractivity contribution in [2.75, 3.05) is 0 Å². The molecule has 0 bridgehead atoms. The summed E-state index contributed by atoms with van der Waals surface area (Å²) in [5.74, 6) is -0.387. The first-order valence-corrected chi connectivity index (χ1v) is 11.4. The molecule has 0 saturated carbocycles. The van der Waals surface area contributed by atoms with Crippen molar-refractivity contribution in [3.05, 3.63) is 75.6 Å². The van der Waals surface area contributed by atoms with Crippen LogP contribution in [0.1, 0.15) is 50.8 Å². The number of ether oxygens (including phenoxy) is 2. The standard InChI is InChI=1S/C27H31NO6/c1-6-10-19-16-23(29)33-24-17(2)22(14-13-20(19)24)32-25(30)21(15-18-11-8-7-9-12-18)28-26(31)34-27(3,4)5/h7-9,11-14,16,21H,6,10,15H2,1-5H3,(H,28,31)/t21-/m1/s1. The summed E-state index contributed by atoms with van der Waals surface area (Å²) in [4.78, 5) is 37.6. The second kappa shape index (κ2) is 10.5. The number of alkyl carbamates (subject to hydrolysis) is 1. The molecule has 0 fully saturated rings. The van der Waals surface area contributed by atoms with Crippen molar-refractivity contribution in [2.24, 2.45) is 0 Å². The largest absolute Gasteiger partial charge is 0.444 e. The molecule has 1 heterocycles. The molecule has 0 aliphatic carbocycles. The summed E-state index contributed by atoms with van der Waals surface area (Å²) in [7, 11) is 0. The van der Waals surface area contributed by atoms with Crippen LogP contribution in [-0.4, -0.2) is 23.7 Å². The minimum Gasteiger partial charge on any atom is -0.444 e. The highest BCUT2D eigenvalue weighted by molar-refractivity contribution is 5.88. The van der Waals surface area contributed by atoms with Crippen molar-refractivity contribution < 1.29 is 23.5 Å². The molecule has 1 N–H and O–H groups in total. The van der Waals surface area contributed by atoms with Crippen LogP contribution in [0.25, 0.3) is 11.0 Å². The first-order valence-electron chi connectivity index (χ1n) is 11.4. The number of nitrogens with one attached hydrogen (secondary N) is 1. The Morgan fingerprint density at radius 3 is 2.44 bits per heavy atom. The van der Waals surface area contributed by atoms with Crippen LogP contribution in [0.5, 0.6) is 5.75 Å². The molecule has 0 unspecified atom stereocenters. The third-order valence-electron chi connectivity index (χ3n) is 5.18. The molecule has 0 spiro atoms. The highest BCUT2D eigenvalue weighted by Gasteiger charge is 2.27. The zero-order chi connectivity index (χ0) is 24.9. The van der Waals surface area contributed by atoms with Gasteiger partial charge in [0.1, 0.15) is 23.0 Å². The number of aryl methyl sites for hydroxylation is 2. The van der Waals surface area contributed by atoms with Gasteiger partial charge in [0.2, 0.25) is 0 Å². The van der Waals surface area contributed by atoms with Gasteiger partial charge in [-0.25, -0.2) is 14.4 Å². The van der Waals surface area contributed by atoms with Crippen LogP contribution in [0, 0.1) is 6.92 Å². The third-order valence-corrected chi connectivity index (χ3v) is 5.18. The second-order valence-corrected chi connectivity index (χ2v) is 9.22. The summed E-state index contributed by atoms with van der Waals surface area (Å²) in [5.41, 5.74) is 1.51. The predicted octanol–water partition coefficient (Wildman–Crippen LogP) is 5.10. The molecule has 1 aromatic heterocycles. The van der Waals surface area contributed by atoms with Crippen LogP contribution in [0.4, 0.5) is 4.79 Å². The molecule has 0 radical (unpaired) electrons. The van der Waals surface area contributed by atoms with E-state index in [0.717, 1.165) is 29.4 Å². The molecule has 1 atom stereocenters. The van der Waals surface area contributed by atoms with Crippen LogP contribution in [0.15, 0.2) is 57.7 Å². The van der Waals surface area contributed by atoms with E-state index >= 15 is 0 Å². The van der Waals surface area contributed by atoms with Crippen molar-refractivity contribution in [3.8, 4) is 5.75 Å². The molecule has 0 aliphatic heterocycles. The summed E-state index contributed by atoms with van der Waals surface area (Å²) < 4.78 is 16.5. The molecule has 7 nitrogen and oxygen atoms in total. The quantitative estimate of drug-likeness (QED) is 0.297. The SMILES string of the molecule is CCCc1cc(=O)oc2c(C)c(OC(=O)[C@@H](Cc3ccccc3)NC(=O)OC(C)(C)C)ccc12. The molecule has 0 saturated heterocycles. The average molecular weight is 466 g/mol. The summed E-state index contributed by atoms with van der Waals surface area (Å²) in [5, 5.41) is 3.44. The maximum atomic E-state index is 13.2. The fraction of sp³-hybridized carbons (Fsp3) is 0.370. The van der Waals surface area contributed by atoms with Gasteiger partial charge in [-0.2, -0.15) is 0 Å². The Bertz CT molecular complexity index is 1220. The van der Waals surface area contributed by atoms with Crippen LogP contribution < -0.4 is 15.7 Å². The second-order valence-electron chi connectivity index (χ2n) is 9.22. The normalized spacial score (nSPS) is 12.3. The maximum Gasteiger partial charge on any atom is 0.408 e. The van der Waals surface area contributed by atoms with Gasteiger partial charge in [-0.3, -0.25) is 0 Å². The van der Waals surface area contributed by atoms with E-state index in [4.69, 9.17) is 13.9 Å². The van der Waals surface area contributed by atoms with Crippen LogP contribution in [0.2, 0.25) is 0 Å². The van der Waals surface area contributed by atoms with E-state index in [9.17, 15) is 14.4 Å². The van der Waals surface area contributed by atoms with Crippen LogP contribution in [0.3, 0.4) is 0 Å². The number of esters is 1. The van der Waals surface area contributed by atoms with Crippen molar-refractivity contribution in [1.29, 1.82) is 0 Å². The minimum atomic E-state index is -0.981. The number of benzene rings is 2. The molecular formula is C27H31NO6. The first kappa shape index (κ1) is 25.0. The van der Waals surface area contributed by atoms with Gasteiger partial charge in [-0.15, -0.1) is 0 Å². The number of rotatable bonds is 7. The average Bonchev–Trinajstić information content (AvgIpc) is 2.75. The number of carbonyl (C=O) groups excluding carboxylic acids is 2. The number of hydrogen-bond acceptors (Lipinski definition) is 6. The molecular weight excluding hydrogens is 434 g/mol. The number of hydrogen-bond donors (Lipinski definition) is 1. The van der Waals surface area contributed by atoms with E-state index in [1.54, 1.807) is 39.8 Å². The molecule has 34 heavy (non-hydrogen) atoms. The first-order chi connectivity index (χ1) is 16.1. The van der Waals surface area contributed by atoms with Gasteiger partial charge in [0.15, 0.2) is 0 Å². The minimum absolute atomic E-state index is 0.223. The number of fused-ring (bicyclic) bond motifs is 1. The van der Waals surface area contributed by atoms with Crippen LogP contribution in [-0.2, 0) is 22.4 Å². The topological polar surface area (TPSA) is 94.8 Å². The van der Waals surface area contributed by atoms with Crippen LogP contribution >= 0.6 is 0 Å². The van der Waals surface area contributed by atoms with E-state index in [0.29, 0.717) is 11.1 Å². The Kier molecular flexibility index (Phi) is 7.76. The zero-order valence-corrected chi connectivity index (χ0v) is 20.3. The predicted molar refractivity (Wildman–Crippen MR) is 130 cm³/mol. The molecule has 7 heteroatoms. The fourth-order valence-electron chi connectivity index (χ4n) is 3.67. The molecule has 180 valence electrons. The van der Waals surface area contributed by atoms with Gasteiger partial charge in [-0.05, 0) is 57.4 Å². The summed E-state index contributed by atoms with van der Waals surface area (Å²) in [6.07, 6.45) is 1.13. The maximum absolute atomic E-state index is 13.2. The van der Waals surface area contributed by atoms with Gasteiger partial charge < -0.3 is 19.2 Å². The van der Waals surface area contributed by atoms with E-state index < -0.39 is 29.3 Å². The van der Waals surface area contributed by atoms with Gasteiger partial charge in [0.25, 0.3) is 0 Å². The third kappa shape index (κ3) is 6.47. The van der Waals surface area contributed by atoms with Crippen molar-refractivity contribution in [1.82, 2.24) is 5.32 Å². The Labute approximate surface area is 199 Å². The lowest BCUT2D eigenvalue weighted by molar-refractivity contribution is -0.136. The molecule has 0 aliphatic rings. The molecule has 2 aromatic carbocycles. The summed E-state index contributed by atoms with van der Waals surface area (Å²) >= 11 is 0. The zero-order valence-electron chi connectivity index (χ0n) is 20.3. The lowest BCUT2D eigenvalue weighted by Crippen LogP contribution is -2.46. The summed E-state index contributed by atoms with van der Waals surface area (Å²) in [6.45, 7) is 9.01. The van der Waals surface area contributed by atoms with E-state index in [-0.39, 0.29) is 12.2 Å². The summed E-state index contributed by atoms with van der Waals surface area (Å²) in [6, 6.07) is 13.3. The van der Waals surface area contributed by atoms with Crippen molar-refractivity contribution in [2.45, 2.75) is 65.5 Å². The van der Waals surface area contributed by atoms with Gasteiger partial charge in [0.05, 0.1) is 0 Å². The molecule has 3 rings (SSSR count). The van der Waals surface area contributed by atoms with Crippen molar-refractivity contribution >= 4 is 23.0 Å². The highest BCUT2D eigenvalue weighted by atomic mass is 16.6. The van der Waals surface area contributed by atoms with Gasteiger partial charge in [0, 0.05) is 23.4 Å². The number of amides is 1. The monoisotopic (exact) mass is 465 g/mol. The van der Waals surface area contributed by atoms with E-state index in [2.05, 4.69) is 5.32 Å². The van der Waals surface area contributed by atoms with Crippen molar-refractivity contribution in [3.63, 3.8) is 0 Å². The van der Waals surface area contributed by atoms with Gasteiger partial charge in [-0.1, -0.05) is 43.7 Å². The lowest BCUT2D eigenvalue weighted by Gasteiger charge is -2.23. The lowest BCUT2D eigenvalue weighted by atomic mass is 10.0. The van der Waals surface area contributed by atoms with Gasteiger partial charge >= 0.3 is 17.7 Å². The molecule has 3 aromatic rings. The van der Waals surface area contributed by atoms with E-state index in [1.165, 1.54) is 6.07 Å². The Balaban J connectivity index is 1.89. The smallest absolute Gasteiger partial charge is 0.408 e. The Morgan fingerprint density at radius 2 is 1.79 bits per heavy atom. The van der Waals surface area contributed by atoms with E-state index in [1.807, 2.05) is 37.3 Å². The highest BCUT2D eigenvalue weighted by Crippen LogP contribution is 2.29. The number of carbonyl (C=O) groups is 2. The Hall–Kier alpha value is -3.61. The Morgan fingerprint density at radius 1 is 1.09 bits per heavy atom. The fourth-order valence-corrected chi connectivity index (χ4v) is 3.67. The molecule has 1 amide bonds.